The van der Waals surface area contributed by atoms with E-state index in [4.69, 9.17) is 11.6 Å². The molecule has 0 fully saturated rings. The summed E-state index contributed by atoms with van der Waals surface area (Å²) in [5.41, 5.74) is 3.54. The molecular weight excluding hydrogens is 322 g/mol. The molecule has 2 aromatic rings. The molecule has 1 aliphatic heterocycles. The zero-order valence-corrected chi connectivity index (χ0v) is 15.0. The van der Waals surface area contributed by atoms with Gasteiger partial charge in [-0.3, -0.25) is 4.68 Å². The van der Waals surface area contributed by atoms with Gasteiger partial charge >= 0.3 is 0 Å². The second-order valence-corrected chi connectivity index (χ2v) is 8.07. The minimum Gasteiger partial charge on any atom is -0.312 e. The Kier molecular flexibility index (Phi) is 4.64. The van der Waals surface area contributed by atoms with Crippen molar-refractivity contribution in [3.63, 3.8) is 0 Å². The van der Waals surface area contributed by atoms with E-state index in [2.05, 4.69) is 16.5 Å². The molecule has 0 bridgehead atoms. The van der Waals surface area contributed by atoms with Gasteiger partial charge in [-0.15, -0.1) is 11.3 Å². The number of thioether (sulfide) groups is 1. The lowest BCUT2D eigenvalue weighted by Gasteiger charge is -2.15. The van der Waals surface area contributed by atoms with Crippen molar-refractivity contribution >= 4 is 34.7 Å². The molecule has 1 aliphatic rings. The molecule has 21 heavy (non-hydrogen) atoms. The maximum Gasteiger partial charge on any atom is 0.0847 e. The van der Waals surface area contributed by atoms with Crippen LogP contribution in [0.15, 0.2) is 6.07 Å². The summed E-state index contributed by atoms with van der Waals surface area (Å²) in [6.07, 6.45) is 2.09. The molecule has 0 saturated carbocycles. The Bertz CT molecular complexity index is 624. The van der Waals surface area contributed by atoms with E-state index in [1.807, 2.05) is 48.8 Å². The third-order valence-corrected chi connectivity index (χ3v) is 6.85. The lowest BCUT2D eigenvalue weighted by Crippen LogP contribution is -2.19. The van der Waals surface area contributed by atoms with Gasteiger partial charge < -0.3 is 5.32 Å². The number of aryl methyl sites for hydroxylation is 3. The molecule has 3 rings (SSSR count). The van der Waals surface area contributed by atoms with E-state index in [0.717, 1.165) is 28.6 Å². The predicted molar refractivity (Wildman–Crippen MR) is 92.6 cm³/mol. The molecule has 0 radical (unpaired) electrons. The molecular formula is C15H20ClN3S2. The first-order valence-electron chi connectivity index (χ1n) is 7.14. The van der Waals surface area contributed by atoms with Gasteiger partial charge in [-0.2, -0.15) is 16.9 Å². The van der Waals surface area contributed by atoms with E-state index < -0.39 is 0 Å². The van der Waals surface area contributed by atoms with E-state index in [0.29, 0.717) is 6.04 Å². The highest BCUT2D eigenvalue weighted by Crippen LogP contribution is 2.36. The van der Waals surface area contributed by atoms with Crippen molar-refractivity contribution < 1.29 is 0 Å². The number of hydrogen-bond acceptors (Lipinski definition) is 4. The van der Waals surface area contributed by atoms with Gasteiger partial charge in [-0.25, -0.2) is 0 Å². The van der Waals surface area contributed by atoms with Crippen LogP contribution in [-0.4, -0.2) is 22.6 Å². The molecule has 1 unspecified atom stereocenters. The van der Waals surface area contributed by atoms with E-state index in [9.17, 15) is 0 Å². The summed E-state index contributed by atoms with van der Waals surface area (Å²) >= 11 is 10.4. The average Bonchev–Trinajstić information content (AvgIpc) is 3.00. The predicted octanol–water partition coefficient (Wildman–Crippen LogP) is 3.74. The first-order valence-corrected chi connectivity index (χ1v) is 9.49. The van der Waals surface area contributed by atoms with Crippen LogP contribution in [-0.2, 0) is 25.6 Å². The van der Waals surface area contributed by atoms with Crippen LogP contribution in [0.5, 0.6) is 0 Å². The third kappa shape index (κ3) is 3.02. The molecule has 1 atom stereocenters. The lowest BCUT2D eigenvalue weighted by molar-refractivity contribution is 0.569. The second kappa shape index (κ2) is 6.32. The van der Waals surface area contributed by atoms with Crippen molar-refractivity contribution in [2.24, 2.45) is 7.05 Å². The van der Waals surface area contributed by atoms with Gasteiger partial charge in [0.25, 0.3) is 0 Å². The Morgan fingerprint density at radius 3 is 2.95 bits per heavy atom. The maximum absolute atomic E-state index is 6.39. The van der Waals surface area contributed by atoms with Crippen molar-refractivity contribution in [1.82, 2.24) is 15.1 Å². The number of hydrogen-bond donors (Lipinski definition) is 1. The van der Waals surface area contributed by atoms with Gasteiger partial charge in [0.05, 0.1) is 16.4 Å². The minimum atomic E-state index is 0.304. The summed E-state index contributed by atoms with van der Waals surface area (Å²) in [7, 11) is 3.99. The van der Waals surface area contributed by atoms with E-state index >= 15 is 0 Å². The van der Waals surface area contributed by atoms with E-state index in [1.165, 1.54) is 22.6 Å². The molecule has 0 amide bonds. The number of halogens is 1. The number of rotatable bonds is 4. The fourth-order valence-electron chi connectivity index (χ4n) is 2.78. The van der Waals surface area contributed by atoms with Gasteiger partial charge in [-0.1, -0.05) is 11.6 Å². The fraction of sp³-hybridized carbons (Fsp3) is 0.533. The van der Waals surface area contributed by atoms with Crippen LogP contribution in [0.4, 0.5) is 0 Å². The van der Waals surface area contributed by atoms with E-state index in [1.54, 1.807) is 4.88 Å². The molecule has 0 aliphatic carbocycles. The molecule has 3 heterocycles. The minimum absolute atomic E-state index is 0.304. The largest absolute Gasteiger partial charge is 0.312 e. The monoisotopic (exact) mass is 341 g/mol. The summed E-state index contributed by atoms with van der Waals surface area (Å²) in [5, 5.41) is 8.66. The molecule has 1 N–H and O–H groups in total. The van der Waals surface area contributed by atoms with Crippen molar-refractivity contribution in [3.05, 3.63) is 37.8 Å². The fourth-order valence-corrected chi connectivity index (χ4v) is 5.51. The van der Waals surface area contributed by atoms with Crippen LogP contribution in [0.25, 0.3) is 0 Å². The highest BCUT2D eigenvalue weighted by atomic mass is 35.5. The number of aromatic nitrogens is 2. The zero-order chi connectivity index (χ0) is 15.0. The summed E-state index contributed by atoms with van der Waals surface area (Å²) in [6, 6.07) is 2.68. The van der Waals surface area contributed by atoms with Gasteiger partial charge in [0.15, 0.2) is 0 Å². The topological polar surface area (TPSA) is 29.9 Å². The van der Waals surface area contributed by atoms with Crippen molar-refractivity contribution in [2.75, 3.05) is 12.8 Å². The maximum atomic E-state index is 6.39. The molecule has 2 aromatic heterocycles. The Morgan fingerprint density at radius 2 is 2.33 bits per heavy atom. The molecule has 3 nitrogen and oxygen atoms in total. The SMILES string of the molecule is CNC(Cc1c(Cl)c(C)nn1C)c1cc2c(s1)CCSC2. The van der Waals surface area contributed by atoms with Gasteiger partial charge in [0.2, 0.25) is 0 Å². The second-order valence-electron chi connectivity index (χ2n) is 5.41. The Labute approximate surface area is 139 Å². The number of thiophene rings is 1. The Hall–Kier alpha value is -0.490. The summed E-state index contributed by atoms with van der Waals surface area (Å²) in [5.74, 6) is 2.41. The summed E-state index contributed by atoms with van der Waals surface area (Å²) < 4.78 is 1.91. The smallest absolute Gasteiger partial charge is 0.0847 e. The van der Waals surface area contributed by atoms with Crippen molar-refractivity contribution in [3.8, 4) is 0 Å². The highest BCUT2D eigenvalue weighted by Gasteiger charge is 2.21. The standard InChI is InChI=1S/C15H20ClN3S2/c1-9-15(16)12(19(3)18-9)7-11(17-2)14-6-10-8-20-5-4-13(10)21-14/h6,11,17H,4-5,7-8H2,1-3H3. The van der Waals surface area contributed by atoms with Crippen LogP contribution < -0.4 is 5.32 Å². The van der Waals surface area contributed by atoms with Crippen LogP contribution in [0, 0.1) is 6.92 Å². The first-order chi connectivity index (χ1) is 10.1. The normalized spacial score (nSPS) is 16.0. The zero-order valence-electron chi connectivity index (χ0n) is 12.6. The van der Waals surface area contributed by atoms with E-state index in [-0.39, 0.29) is 0 Å². The number of fused-ring (bicyclic) bond motifs is 1. The average molecular weight is 342 g/mol. The van der Waals surface area contributed by atoms with Crippen molar-refractivity contribution in [2.45, 2.75) is 31.6 Å². The quantitative estimate of drug-likeness (QED) is 0.918. The number of likely N-dealkylation sites (N-methyl/N-ethyl adjacent to an activating group) is 1. The summed E-state index contributed by atoms with van der Waals surface area (Å²) in [6.45, 7) is 1.96. The number of nitrogens with one attached hydrogen (secondary N) is 1. The van der Waals surface area contributed by atoms with Crippen LogP contribution >= 0.6 is 34.7 Å². The van der Waals surface area contributed by atoms with Gasteiger partial charge in [0, 0.05) is 35.0 Å². The van der Waals surface area contributed by atoms with Crippen LogP contribution in [0.3, 0.4) is 0 Å². The Balaban J connectivity index is 1.86. The Morgan fingerprint density at radius 1 is 1.52 bits per heavy atom. The molecule has 114 valence electrons. The number of nitrogens with zero attached hydrogens (tertiary/aromatic N) is 2. The highest BCUT2D eigenvalue weighted by molar-refractivity contribution is 7.98. The molecule has 0 aromatic carbocycles. The molecule has 0 saturated heterocycles. The van der Waals surface area contributed by atoms with Crippen LogP contribution in [0.1, 0.15) is 32.7 Å². The van der Waals surface area contributed by atoms with Crippen LogP contribution in [0.2, 0.25) is 5.02 Å². The first kappa shape index (κ1) is 15.4. The molecule has 6 heteroatoms. The van der Waals surface area contributed by atoms with Gasteiger partial charge in [-0.05, 0) is 37.8 Å². The lowest BCUT2D eigenvalue weighted by atomic mass is 10.1. The summed E-state index contributed by atoms with van der Waals surface area (Å²) in [4.78, 5) is 2.98. The van der Waals surface area contributed by atoms with Crippen molar-refractivity contribution in [1.29, 1.82) is 0 Å². The van der Waals surface area contributed by atoms with Gasteiger partial charge in [0.1, 0.15) is 0 Å². The third-order valence-electron chi connectivity index (χ3n) is 4.00. The molecule has 0 spiro atoms.